The lowest BCUT2D eigenvalue weighted by atomic mass is 10.2. The van der Waals surface area contributed by atoms with Gasteiger partial charge < -0.3 is 10.1 Å². The molecular formula is C17H25NO2S. The molecule has 1 atom stereocenters. The molecule has 1 aromatic carbocycles. The number of benzene rings is 1. The first-order valence-corrected chi connectivity index (χ1v) is 8.71. The maximum absolute atomic E-state index is 12.0. The highest BCUT2D eigenvalue weighted by Gasteiger charge is 2.28. The molecule has 0 bridgehead atoms. The Morgan fingerprint density at radius 1 is 1.43 bits per heavy atom. The summed E-state index contributed by atoms with van der Waals surface area (Å²) in [7, 11) is 0. The van der Waals surface area contributed by atoms with Gasteiger partial charge in [0.1, 0.15) is 6.04 Å². The predicted octanol–water partition coefficient (Wildman–Crippen LogP) is 3.47. The van der Waals surface area contributed by atoms with Gasteiger partial charge in [-0.15, -0.1) is 11.8 Å². The van der Waals surface area contributed by atoms with E-state index in [0.29, 0.717) is 12.6 Å². The van der Waals surface area contributed by atoms with Gasteiger partial charge in [0.05, 0.1) is 6.61 Å². The van der Waals surface area contributed by atoms with Crippen LogP contribution in [0.4, 0.5) is 0 Å². The molecule has 1 aliphatic rings. The van der Waals surface area contributed by atoms with Crippen molar-refractivity contribution >= 4 is 17.7 Å². The zero-order valence-corrected chi connectivity index (χ0v) is 14.0. The summed E-state index contributed by atoms with van der Waals surface area (Å²) in [6, 6.07) is 6.87. The molecule has 0 saturated heterocycles. The van der Waals surface area contributed by atoms with E-state index in [1.807, 2.05) is 18.7 Å². The molecule has 1 unspecified atom stereocenters. The van der Waals surface area contributed by atoms with Gasteiger partial charge in [0.15, 0.2) is 0 Å². The third-order valence-electron chi connectivity index (χ3n) is 3.59. The molecule has 0 heterocycles. The monoisotopic (exact) mass is 307 g/mol. The Morgan fingerprint density at radius 3 is 2.86 bits per heavy atom. The number of thioether (sulfide) groups is 1. The van der Waals surface area contributed by atoms with Crippen LogP contribution in [0.15, 0.2) is 23.1 Å². The number of esters is 1. The summed E-state index contributed by atoms with van der Waals surface area (Å²) < 4.78 is 5.17. The van der Waals surface area contributed by atoms with Gasteiger partial charge in [-0.25, -0.2) is 0 Å². The summed E-state index contributed by atoms with van der Waals surface area (Å²) in [4.78, 5) is 13.3. The van der Waals surface area contributed by atoms with Crippen molar-refractivity contribution in [1.29, 1.82) is 0 Å². The molecule has 2 rings (SSSR count). The topological polar surface area (TPSA) is 38.3 Å². The number of hydrogen-bond acceptors (Lipinski definition) is 4. The first-order chi connectivity index (χ1) is 10.1. The fraction of sp³-hybridized carbons (Fsp3) is 0.588. The Kier molecular flexibility index (Phi) is 6.12. The Hall–Kier alpha value is -1.00. The first-order valence-electron chi connectivity index (χ1n) is 7.73. The van der Waals surface area contributed by atoms with Crippen molar-refractivity contribution in [2.24, 2.45) is 0 Å². The van der Waals surface area contributed by atoms with E-state index < -0.39 is 0 Å². The number of nitrogens with one attached hydrogen (secondary N) is 1. The van der Waals surface area contributed by atoms with Gasteiger partial charge >= 0.3 is 5.97 Å². The quantitative estimate of drug-likeness (QED) is 0.589. The molecule has 21 heavy (non-hydrogen) atoms. The molecule has 4 heteroatoms. The van der Waals surface area contributed by atoms with Crippen molar-refractivity contribution < 1.29 is 9.53 Å². The fourth-order valence-corrected chi connectivity index (χ4v) is 3.33. The number of carbonyl (C=O) groups is 1. The summed E-state index contributed by atoms with van der Waals surface area (Å²) in [6.45, 7) is 6.55. The highest BCUT2D eigenvalue weighted by Crippen LogP contribution is 2.25. The van der Waals surface area contributed by atoms with Crippen molar-refractivity contribution in [1.82, 2.24) is 5.32 Å². The molecule has 1 aromatic rings. The van der Waals surface area contributed by atoms with E-state index in [4.69, 9.17) is 4.74 Å². The summed E-state index contributed by atoms with van der Waals surface area (Å²) in [6.07, 6.45) is 3.17. The molecular weight excluding hydrogens is 282 g/mol. The van der Waals surface area contributed by atoms with Gasteiger partial charge in [-0.1, -0.05) is 17.7 Å². The largest absolute Gasteiger partial charge is 0.465 e. The highest BCUT2D eigenvalue weighted by atomic mass is 32.2. The predicted molar refractivity (Wildman–Crippen MR) is 87.8 cm³/mol. The molecule has 116 valence electrons. The average Bonchev–Trinajstić information content (AvgIpc) is 3.26. The van der Waals surface area contributed by atoms with E-state index in [0.717, 1.165) is 12.2 Å². The summed E-state index contributed by atoms with van der Waals surface area (Å²) >= 11 is 1.82. The van der Waals surface area contributed by atoms with Crippen LogP contribution >= 0.6 is 11.8 Å². The van der Waals surface area contributed by atoms with Crippen molar-refractivity contribution in [3.8, 4) is 0 Å². The SMILES string of the molecule is CCOC(=O)C(CCSc1cc(C)ccc1C)NC1CC1. The second kappa shape index (κ2) is 7.85. The van der Waals surface area contributed by atoms with Crippen molar-refractivity contribution in [3.63, 3.8) is 0 Å². The molecule has 0 spiro atoms. The molecule has 1 aliphatic carbocycles. The Labute approximate surface area is 131 Å². The Bertz CT molecular complexity index is 486. The van der Waals surface area contributed by atoms with E-state index in [2.05, 4.69) is 37.4 Å². The van der Waals surface area contributed by atoms with Crippen molar-refractivity contribution in [3.05, 3.63) is 29.3 Å². The molecule has 0 aromatic heterocycles. The molecule has 1 N–H and O–H groups in total. The van der Waals surface area contributed by atoms with Crippen LogP contribution in [0, 0.1) is 13.8 Å². The van der Waals surface area contributed by atoms with Crippen LogP contribution in [0.5, 0.6) is 0 Å². The highest BCUT2D eigenvalue weighted by molar-refractivity contribution is 7.99. The second-order valence-corrected chi connectivity index (χ2v) is 6.79. The summed E-state index contributed by atoms with van der Waals surface area (Å²) in [5.41, 5.74) is 2.58. The van der Waals surface area contributed by atoms with E-state index in [1.54, 1.807) is 0 Å². The minimum Gasteiger partial charge on any atom is -0.465 e. The zero-order chi connectivity index (χ0) is 15.2. The lowest BCUT2D eigenvalue weighted by Crippen LogP contribution is -2.39. The first kappa shape index (κ1) is 16.4. The van der Waals surface area contributed by atoms with Crippen molar-refractivity contribution in [2.45, 2.75) is 57.0 Å². The van der Waals surface area contributed by atoms with Gasteiger partial charge in [0, 0.05) is 16.7 Å². The number of rotatable bonds is 8. The minimum atomic E-state index is -0.157. The Morgan fingerprint density at radius 2 is 2.19 bits per heavy atom. The van der Waals surface area contributed by atoms with Gasteiger partial charge in [-0.3, -0.25) is 4.79 Å². The number of aryl methyl sites for hydroxylation is 2. The van der Waals surface area contributed by atoms with Crippen LogP contribution in [-0.2, 0) is 9.53 Å². The van der Waals surface area contributed by atoms with Gasteiger partial charge in [0.2, 0.25) is 0 Å². The third kappa shape index (κ3) is 5.36. The van der Waals surface area contributed by atoms with E-state index >= 15 is 0 Å². The lowest BCUT2D eigenvalue weighted by Gasteiger charge is -2.17. The number of hydrogen-bond donors (Lipinski definition) is 1. The summed E-state index contributed by atoms with van der Waals surface area (Å²) in [5.74, 6) is 0.819. The van der Waals surface area contributed by atoms with Crippen LogP contribution < -0.4 is 5.32 Å². The molecule has 3 nitrogen and oxygen atoms in total. The lowest BCUT2D eigenvalue weighted by molar-refractivity contribution is -0.145. The molecule has 1 saturated carbocycles. The molecule has 0 amide bonds. The minimum absolute atomic E-state index is 0.106. The van der Waals surface area contributed by atoms with Gasteiger partial charge in [0.25, 0.3) is 0 Å². The van der Waals surface area contributed by atoms with Crippen LogP contribution in [0.25, 0.3) is 0 Å². The average molecular weight is 307 g/mol. The maximum atomic E-state index is 12.0. The van der Waals surface area contributed by atoms with E-state index in [9.17, 15) is 4.79 Å². The van der Waals surface area contributed by atoms with E-state index in [1.165, 1.54) is 28.9 Å². The third-order valence-corrected chi connectivity index (χ3v) is 4.78. The second-order valence-electron chi connectivity index (χ2n) is 5.65. The number of ether oxygens (including phenoxy) is 1. The Balaban J connectivity index is 1.85. The van der Waals surface area contributed by atoms with Gasteiger partial charge in [-0.05, 0) is 51.7 Å². The molecule has 1 fully saturated rings. The van der Waals surface area contributed by atoms with Gasteiger partial charge in [-0.2, -0.15) is 0 Å². The normalized spacial score (nSPS) is 15.8. The smallest absolute Gasteiger partial charge is 0.323 e. The summed E-state index contributed by atoms with van der Waals surface area (Å²) in [5, 5.41) is 3.40. The van der Waals surface area contributed by atoms with Crippen LogP contribution in [0.2, 0.25) is 0 Å². The molecule has 0 aliphatic heterocycles. The zero-order valence-electron chi connectivity index (χ0n) is 13.1. The maximum Gasteiger partial charge on any atom is 0.323 e. The van der Waals surface area contributed by atoms with Crippen molar-refractivity contribution in [2.75, 3.05) is 12.4 Å². The van der Waals surface area contributed by atoms with Crippen LogP contribution in [-0.4, -0.2) is 30.4 Å². The van der Waals surface area contributed by atoms with E-state index in [-0.39, 0.29) is 12.0 Å². The van der Waals surface area contributed by atoms with Crippen LogP contribution in [0.1, 0.15) is 37.3 Å². The molecule has 0 radical (unpaired) electrons. The standard InChI is InChI=1S/C17H25NO2S/c1-4-20-17(19)15(18-14-7-8-14)9-10-21-16-11-12(2)5-6-13(16)3/h5-6,11,14-15,18H,4,7-10H2,1-3H3. The number of carbonyl (C=O) groups excluding carboxylic acids is 1. The van der Waals surface area contributed by atoms with Crippen LogP contribution in [0.3, 0.4) is 0 Å². The fourth-order valence-electron chi connectivity index (χ4n) is 2.20.